The molecule has 1 heterocycles. The first-order valence-electron chi connectivity index (χ1n) is 5.13. The third-order valence-corrected chi connectivity index (χ3v) is 2.55. The van der Waals surface area contributed by atoms with E-state index >= 15 is 0 Å². The fourth-order valence-electron chi connectivity index (χ4n) is 1.73. The molecule has 0 bridgehead atoms. The molecular weight excluding hydrogens is 183 g/mol. The van der Waals surface area contributed by atoms with Crippen LogP contribution in [0, 0.1) is 0 Å². The Morgan fingerprint density at radius 1 is 1.27 bits per heavy atom. The number of nitrogens with zero attached hydrogens (tertiary/aromatic N) is 1. The first kappa shape index (κ1) is 10.2. The SMILES string of the molecule is CNCc1ccc(C2=C(C)N=C[B]2)cc1. The highest BCUT2D eigenvalue weighted by Crippen LogP contribution is 2.21. The van der Waals surface area contributed by atoms with Crippen LogP contribution in [-0.4, -0.2) is 20.4 Å². The van der Waals surface area contributed by atoms with Crippen LogP contribution in [0.25, 0.3) is 5.47 Å². The zero-order chi connectivity index (χ0) is 10.7. The Morgan fingerprint density at radius 2 is 2.00 bits per heavy atom. The number of nitrogens with one attached hydrogen (secondary N) is 1. The van der Waals surface area contributed by atoms with Crippen molar-refractivity contribution in [3.05, 3.63) is 41.1 Å². The molecule has 3 heteroatoms. The van der Waals surface area contributed by atoms with Crippen LogP contribution in [0.4, 0.5) is 0 Å². The van der Waals surface area contributed by atoms with Gasteiger partial charge in [0.15, 0.2) is 0 Å². The van der Waals surface area contributed by atoms with Crippen molar-refractivity contribution in [3.63, 3.8) is 0 Å². The van der Waals surface area contributed by atoms with Gasteiger partial charge in [-0.05, 0) is 31.2 Å². The van der Waals surface area contributed by atoms with E-state index in [4.69, 9.17) is 0 Å². The highest BCUT2D eigenvalue weighted by molar-refractivity contribution is 6.85. The molecule has 0 aliphatic carbocycles. The van der Waals surface area contributed by atoms with Gasteiger partial charge in [-0.15, -0.1) is 0 Å². The van der Waals surface area contributed by atoms with Gasteiger partial charge in [0.05, 0.1) is 0 Å². The number of allylic oxidation sites excluding steroid dienone is 1. The largest absolute Gasteiger partial charge is 0.316 e. The normalized spacial score (nSPS) is 14.5. The molecule has 0 saturated heterocycles. The topological polar surface area (TPSA) is 24.4 Å². The van der Waals surface area contributed by atoms with E-state index in [1.807, 2.05) is 20.1 Å². The van der Waals surface area contributed by atoms with Crippen molar-refractivity contribution in [1.82, 2.24) is 5.32 Å². The van der Waals surface area contributed by atoms with E-state index in [1.54, 1.807) is 0 Å². The maximum Gasteiger partial charge on any atom is 0.209 e. The highest BCUT2D eigenvalue weighted by Gasteiger charge is 2.09. The molecule has 1 aromatic rings. The maximum atomic E-state index is 4.24. The summed E-state index contributed by atoms with van der Waals surface area (Å²) in [6.45, 7) is 2.95. The van der Waals surface area contributed by atoms with E-state index in [9.17, 15) is 0 Å². The first-order valence-corrected chi connectivity index (χ1v) is 5.13. The first-order chi connectivity index (χ1) is 7.31. The third kappa shape index (κ3) is 2.18. The zero-order valence-electron chi connectivity index (χ0n) is 9.12. The average molecular weight is 197 g/mol. The molecule has 1 aromatic carbocycles. The predicted octanol–water partition coefficient (Wildman–Crippen LogP) is 1.84. The summed E-state index contributed by atoms with van der Waals surface area (Å²) in [5.41, 5.74) is 4.87. The highest BCUT2D eigenvalue weighted by atomic mass is 14.8. The van der Waals surface area contributed by atoms with Gasteiger partial charge in [-0.3, -0.25) is 4.99 Å². The summed E-state index contributed by atoms with van der Waals surface area (Å²) in [7, 11) is 4.02. The smallest absolute Gasteiger partial charge is 0.209 e. The van der Waals surface area contributed by atoms with Crippen LogP contribution in [0.5, 0.6) is 0 Å². The molecule has 1 aliphatic rings. The second kappa shape index (κ2) is 4.45. The Hall–Kier alpha value is -1.35. The van der Waals surface area contributed by atoms with Gasteiger partial charge >= 0.3 is 0 Å². The van der Waals surface area contributed by atoms with Gasteiger partial charge in [0.25, 0.3) is 0 Å². The molecule has 0 atom stereocenters. The van der Waals surface area contributed by atoms with E-state index in [-0.39, 0.29) is 0 Å². The molecule has 1 N–H and O–H groups in total. The molecule has 2 rings (SSSR count). The van der Waals surface area contributed by atoms with Crippen LogP contribution in [0.2, 0.25) is 0 Å². The number of hydrogen-bond acceptors (Lipinski definition) is 2. The Bertz CT molecular complexity index is 404. The van der Waals surface area contributed by atoms with Crippen molar-refractivity contribution in [2.45, 2.75) is 13.5 Å². The summed E-state index contributed by atoms with van der Waals surface area (Å²) < 4.78 is 0. The Kier molecular flexibility index (Phi) is 3.02. The molecule has 75 valence electrons. The fourth-order valence-corrected chi connectivity index (χ4v) is 1.73. The molecule has 1 radical (unpaired) electrons. The van der Waals surface area contributed by atoms with E-state index in [1.165, 1.54) is 16.6 Å². The fraction of sp³-hybridized carbons (Fsp3) is 0.250. The van der Waals surface area contributed by atoms with Gasteiger partial charge in [0.2, 0.25) is 7.28 Å². The number of benzene rings is 1. The minimum absolute atomic E-state index is 0.915. The quantitative estimate of drug-likeness (QED) is 0.734. The number of aliphatic imine (C=N–C) groups is 1. The third-order valence-electron chi connectivity index (χ3n) is 2.55. The standard InChI is InChI=1S/C12H14BN2/c1-9-12(13-8-15-9)11-5-3-10(4-6-11)7-14-2/h3-6,8,14H,7H2,1-2H3. The molecule has 15 heavy (non-hydrogen) atoms. The second-order valence-electron chi connectivity index (χ2n) is 3.67. The van der Waals surface area contributed by atoms with Crippen molar-refractivity contribution in [2.24, 2.45) is 4.99 Å². The Morgan fingerprint density at radius 3 is 2.53 bits per heavy atom. The summed E-state index contributed by atoms with van der Waals surface area (Å²) >= 11 is 0. The van der Waals surface area contributed by atoms with Crippen LogP contribution in [0.1, 0.15) is 18.1 Å². The van der Waals surface area contributed by atoms with E-state index in [0.29, 0.717) is 0 Å². The van der Waals surface area contributed by atoms with Gasteiger partial charge < -0.3 is 5.32 Å². The van der Waals surface area contributed by atoms with Crippen molar-refractivity contribution in [1.29, 1.82) is 0 Å². The van der Waals surface area contributed by atoms with Crippen molar-refractivity contribution < 1.29 is 0 Å². The summed E-state index contributed by atoms with van der Waals surface area (Å²) in [5, 5.41) is 3.14. The van der Waals surface area contributed by atoms with Gasteiger partial charge in [0, 0.05) is 12.2 Å². The summed E-state index contributed by atoms with van der Waals surface area (Å²) in [4.78, 5) is 4.24. The lowest BCUT2D eigenvalue weighted by Crippen LogP contribution is -2.04. The van der Waals surface area contributed by atoms with Crippen LogP contribution in [0.15, 0.2) is 35.0 Å². The van der Waals surface area contributed by atoms with E-state index in [2.05, 4.69) is 41.9 Å². The van der Waals surface area contributed by atoms with Crippen molar-refractivity contribution in [3.8, 4) is 0 Å². The molecule has 0 saturated carbocycles. The lowest BCUT2D eigenvalue weighted by Gasteiger charge is -2.05. The molecule has 0 fully saturated rings. The molecule has 0 amide bonds. The van der Waals surface area contributed by atoms with E-state index < -0.39 is 0 Å². The summed E-state index contributed by atoms with van der Waals surface area (Å²) in [6, 6.07) is 8.60. The van der Waals surface area contributed by atoms with Crippen LogP contribution < -0.4 is 5.32 Å². The minimum atomic E-state index is 0.915. The van der Waals surface area contributed by atoms with Gasteiger partial charge in [0.1, 0.15) is 0 Å². The lowest BCUT2D eigenvalue weighted by molar-refractivity contribution is 0.818. The average Bonchev–Trinajstić information content (AvgIpc) is 2.66. The minimum Gasteiger partial charge on any atom is -0.316 e. The molecule has 2 nitrogen and oxygen atoms in total. The predicted molar refractivity (Wildman–Crippen MR) is 66.0 cm³/mol. The Balaban J connectivity index is 2.21. The summed E-state index contributed by atoms with van der Waals surface area (Å²) in [5.74, 6) is 0. The maximum absolute atomic E-state index is 4.24. The number of hydrogen-bond donors (Lipinski definition) is 1. The van der Waals surface area contributed by atoms with Crippen LogP contribution >= 0.6 is 0 Å². The Labute approximate surface area is 91.4 Å². The zero-order valence-corrected chi connectivity index (χ0v) is 9.12. The van der Waals surface area contributed by atoms with Gasteiger partial charge in [-0.25, -0.2) is 0 Å². The second-order valence-corrected chi connectivity index (χ2v) is 3.67. The van der Waals surface area contributed by atoms with Crippen molar-refractivity contribution >= 4 is 18.9 Å². The lowest BCUT2D eigenvalue weighted by atomic mass is 9.69. The van der Waals surface area contributed by atoms with Crippen LogP contribution in [0.3, 0.4) is 0 Å². The van der Waals surface area contributed by atoms with Gasteiger partial charge in [-0.2, -0.15) is 0 Å². The molecular formula is C12H14BN2. The molecule has 1 aliphatic heterocycles. The molecule has 0 unspecified atom stereocenters. The molecule has 0 spiro atoms. The van der Waals surface area contributed by atoms with Crippen LogP contribution in [-0.2, 0) is 6.54 Å². The van der Waals surface area contributed by atoms with Crippen molar-refractivity contribution in [2.75, 3.05) is 7.05 Å². The monoisotopic (exact) mass is 197 g/mol. The van der Waals surface area contributed by atoms with Gasteiger partial charge in [-0.1, -0.05) is 29.7 Å². The summed E-state index contributed by atoms with van der Waals surface area (Å²) in [6.07, 6.45) is 1.85. The number of rotatable bonds is 3. The van der Waals surface area contributed by atoms with E-state index in [0.717, 1.165) is 12.2 Å². The molecule has 0 aromatic heterocycles.